The summed E-state index contributed by atoms with van der Waals surface area (Å²) in [6, 6.07) is 8.06. The van der Waals surface area contributed by atoms with Crippen LogP contribution in [0.1, 0.15) is 20.7 Å². The Morgan fingerprint density at radius 1 is 0.900 bits per heavy atom. The summed E-state index contributed by atoms with van der Waals surface area (Å²) in [5, 5.41) is 28.6. The Morgan fingerprint density at radius 3 is 2.35 bits per heavy atom. The minimum Gasteiger partial charge on any atom is -0.508 e. The van der Waals surface area contributed by atoms with Gasteiger partial charge in [-0.15, -0.1) is 0 Å². The van der Waals surface area contributed by atoms with Gasteiger partial charge in [0.2, 0.25) is 0 Å². The Labute approximate surface area is 113 Å². The molecular weight excluding hydrogens is 262 g/mol. The lowest BCUT2D eigenvalue weighted by Crippen LogP contribution is -2.29. The lowest BCUT2D eigenvalue weighted by molar-refractivity contribution is 0.0925. The zero-order valence-corrected chi connectivity index (χ0v) is 10.1. The number of amides is 2. The van der Waals surface area contributed by atoms with Gasteiger partial charge in [-0.2, -0.15) is 0 Å². The van der Waals surface area contributed by atoms with Crippen molar-refractivity contribution in [3.05, 3.63) is 47.5 Å². The number of imide groups is 1. The number of nitrogens with zero attached hydrogens (tertiary/aromatic N) is 1. The maximum absolute atomic E-state index is 12.2. The second-order valence-electron chi connectivity index (χ2n) is 4.32. The second-order valence-corrected chi connectivity index (χ2v) is 4.32. The number of aromatic hydroxyl groups is 3. The molecule has 0 saturated heterocycles. The van der Waals surface area contributed by atoms with E-state index in [9.17, 15) is 24.9 Å². The van der Waals surface area contributed by atoms with Crippen LogP contribution in [-0.4, -0.2) is 27.1 Å². The fraction of sp³-hybridized carbons (Fsp3) is 0. The summed E-state index contributed by atoms with van der Waals surface area (Å²) < 4.78 is 0. The quantitative estimate of drug-likeness (QED) is 0.540. The van der Waals surface area contributed by atoms with Gasteiger partial charge >= 0.3 is 0 Å². The van der Waals surface area contributed by atoms with Crippen molar-refractivity contribution >= 4 is 17.5 Å². The Balaban J connectivity index is 2.17. The molecular formula is C14H9NO5. The van der Waals surface area contributed by atoms with E-state index in [-0.39, 0.29) is 22.6 Å². The highest BCUT2D eigenvalue weighted by atomic mass is 16.3. The maximum Gasteiger partial charge on any atom is 0.270 e. The van der Waals surface area contributed by atoms with Crippen molar-refractivity contribution < 1.29 is 24.9 Å². The molecule has 6 nitrogen and oxygen atoms in total. The number of carbonyl (C=O) groups is 2. The zero-order valence-electron chi connectivity index (χ0n) is 10.1. The molecule has 0 aliphatic carbocycles. The first-order valence-electron chi connectivity index (χ1n) is 5.73. The third-order valence-corrected chi connectivity index (χ3v) is 3.10. The fourth-order valence-corrected chi connectivity index (χ4v) is 2.17. The van der Waals surface area contributed by atoms with Crippen LogP contribution >= 0.6 is 0 Å². The van der Waals surface area contributed by atoms with Gasteiger partial charge in [0, 0.05) is 6.07 Å². The van der Waals surface area contributed by atoms with Crippen LogP contribution in [0.3, 0.4) is 0 Å². The second kappa shape index (κ2) is 3.99. The number of benzene rings is 2. The molecule has 100 valence electrons. The standard InChI is InChI=1S/C14H9NO5/c16-8-3-1-2-7(6-8)15-13(19)9-4-5-10(17)12(18)11(9)14(15)20/h1-6,16-18H. The normalized spacial score (nSPS) is 13.7. The van der Waals surface area contributed by atoms with E-state index in [2.05, 4.69) is 0 Å². The van der Waals surface area contributed by atoms with Crippen LogP contribution in [0.5, 0.6) is 17.2 Å². The van der Waals surface area contributed by atoms with Crippen LogP contribution in [-0.2, 0) is 0 Å². The predicted octanol–water partition coefficient (Wildman–Crippen LogP) is 1.60. The van der Waals surface area contributed by atoms with Crippen LogP contribution < -0.4 is 4.90 Å². The van der Waals surface area contributed by atoms with Crippen molar-refractivity contribution in [1.29, 1.82) is 0 Å². The molecule has 2 aromatic rings. The van der Waals surface area contributed by atoms with Crippen LogP contribution in [0.2, 0.25) is 0 Å². The topological polar surface area (TPSA) is 98.1 Å². The Hall–Kier alpha value is -3.02. The van der Waals surface area contributed by atoms with E-state index >= 15 is 0 Å². The van der Waals surface area contributed by atoms with Crippen LogP contribution in [0, 0.1) is 0 Å². The number of hydrogen-bond acceptors (Lipinski definition) is 5. The van der Waals surface area contributed by atoms with E-state index in [1.807, 2.05) is 0 Å². The van der Waals surface area contributed by atoms with Crippen molar-refractivity contribution in [1.82, 2.24) is 0 Å². The number of phenolic OH excluding ortho intramolecular Hbond substituents is 3. The molecule has 3 N–H and O–H groups in total. The Morgan fingerprint density at radius 2 is 1.65 bits per heavy atom. The summed E-state index contributed by atoms with van der Waals surface area (Å²) in [6.07, 6.45) is 0. The minimum absolute atomic E-state index is 0.00800. The number of fused-ring (bicyclic) bond motifs is 1. The van der Waals surface area contributed by atoms with Crippen molar-refractivity contribution in [2.45, 2.75) is 0 Å². The first kappa shape index (κ1) is 12.0. The molecule has 6 heteroatoms. The SMILES string of the molecule is O=C1c2ccc(O)c(O)c2C(=O)N1c1cccc(O)c1. The van der Waals surface area contributed by atoms with Gasteiger partial charge in [0.05, 0.1) is 16.8 Å². The van der Waals surface area contributed by atoms with E-state index in [1.165, 1.54) is 30.3 Å². The van der Waals surface area contributed by atoms with Gasteiger partial charge in [-0.3, -0.25) is 9.59 Å². The summed E-state index contributed by atoms with van der Waals surface area (Å²) in [5.74, 6) is -2.55. The van der Waals surface area contributed by atoms with E-state index in [0.717, 1.165) is 11.0 Å². The third-order valence-electron chi connectivity index (χ3n) is 3.10. The summed E-state index contributed by atoms with van der Waals surface area (Å²) >= 11 is 0. The smallest absolute Gasteiger partial charge is 0.270 e. The zero-order chi connectivity index (χ0) is 14.4. The molecule has 20 heavy (non-hydrogen) atoms. The highest BCUT2D eigenvalue weighted by Crippen LogP contribution is 2.38. The summed E-state index contributed by atoms with van der Waals surface area (Å²) in [7, 11) is 0. The number of carbonyl (C=O) groups excluding carboxylic acids is 2. The van der Waals surface area contributed by atoms with Gasteiger partial charge in [0.1, 0.15) is 5.75 Å². The molecule has 0 fully saturated rings. The largest absolute Gasteiger partial charge is 0.508 e. The van der Waals surface area contributed by atoms with Crippen LogP contribution in [0.4, 0.5) is 5.69 Å². The van der Waals surface area contributed by atoms with E-state index < -0.39 is 23.3 Å². The minimum atomic E-state index is -0.746. The maximum atomic E-state index is 12.2. The van der Waals surface area contributed by atoms with Gasteiger partial charge in [-0.25, -0.2) is 4.90 Å². The molecule has 1 heterocycles. The molecule has 0 spiro atoms. The summed E-state index contributed by atoms with van der Waals surface area (Å²) in [6.45, 7) is 0. The van der Waals surface area contributed by atoms with Gasteiger partial charge in [0.25, 0.3) is 11.8 Å². The molecule has 0 unspecified atom stereocenters. The van der Waals surface area contributed by atoms with Crippen molar-refractivity contribution in [2.24, 2.45) is 0 Å². The molecule has 3 rings (SSSR count). The number of hydrogen-bond donors (Lipinski definition) is 3. The highest BCUT2D eigenvalue weighted by Gasteiger charge is 2.39. The van der Waals surface area contributed by atoms with Gasteiger partial charge in [-0.1, -0.05) is 6.07 Å². The number of rotatable bonds is 1. The van der Waals surface area contributed by atoms with E-state index in [0.29, 0.717) is 0 Å². The third kappa shape index (κ3) is 1.51. The molecule has 0 radical (unpaired) electrons. The van der Waals surface area contributed by atoms with Crippen LogP contribution in [0.25, 0.3) is 0 Å². The first-order chi connectivity index (χ1) is 9.50. The van der Waals surface area contributed by atoms with Crippen molar-refractivity contribution in [3.63, 3.8) is 0 Å². The first-order valence-corrected chi connectivity index (χ1v) is 5.73. The lowest BCUT2D eigenvalue weighted by atomic mass is 10.1. The molecule has 0 aromatic heterocycles. The monoisotopic (exact) mass is 271 g/mol. The average molecular weight is 271 g/mol. The van der Waals surface area contributed by atoms with Gasteiger partial charge < -0.3 is 15.3 Å². The van der Waals surface area contributed by atoms with Crippen LogP contribution in [0.15, 0.2) is 36.4 Å². The fourth-order valence-electron chi connectivity index (χ4n) is 2.17. The molecule has 1 aliphatic heterocycles. The van der Waals surface area contributed by atoms with E-state index in [4.69, 9.17) is 0 Å². The molecule has 0 bridgehead atoms. The lowest BCUT2D eigenvalue weighted by Gasteiger charge is -2.13. The van der Waals surface area contributed by atoms with E-state index in [1.54, 1.807) is 0 Å². The molecule has 2 amide bonds. The van der Waals surface area contributed by atoms with Crippen molar-refractivity contribution in [2.75, 3.05) is 4.90 Å². The highest BCUT2D eigenvalue weighted by molar-refractivity contribution is 6.35. The summed E-state index contributed by atoms with van der Waals surface area (Å²) in [5.41, 5.74) is -0.0397. The Kier molecular flexibility index (Phi) is 2.40. The van der Waals surface area contributed by atoms with Crippen molar-refractivity contribution in [3.8, 4) is 17.2 Å². The molecule has 2 aromatic carbocycles. The average Bonchev–Trinajstić information content (AvgIpc) is 2.66. The summed E-state index contributed by atoms with van der Waals surface area (Å²) in [4.78, 5) is 25.3. The molecule has 1 aliphatic rings. The molecule has 0 atom stereocenters. The predicted molar refractivity (Wildman–Crippen MR) is 69.0 cm³/mol. The Bertz CT molecular complexity index is 753. The number of phenols is 3. The molecule has 0 saturated carbocycles. The van der Waals surface area contributed by atoms with Gasteiger partial charge in [0.15, 0.2) is 11.5 Å². The number of anilines is 1. The van der Waals surface area contributed by atoms with Gasteiger partial charge in [-0.05, 0) is 24.3 Å².